The van der Waals surface area contributed by atoms with Crippen molar-refractivity contribution in [3.05, 3.63) is 23.8 Å². The van der Waals surface area contributed by atoms with Crippen LogP contribution < -0.4 is 9.47 Å². The molecule has 0 radical (unpaired) electrons. The van der Waals surface area contributed by atoms with Crippen molar-refractivity contribution in [3.8, 4) is 11.5 Å². The smallest absolute Gasteiger partial charge is 0.161 e. The lowest BCUT2D eigenvalue weighted by Crippen LogP contribution is -2.37. The topological polar surface area (TPSA) is 54.4 Å². The molecule has 0 amide bonds. The van der Waals surface area contributed by atoms with E-state index in [9.17, 15) is 5.11 Å². The fourth-order valence-corrected chi connectivity index (χ4v) is 3.60. The average molecular weight is 395 g/mol. The van der Waals surface area contributed by atoms with Crippen molar-refractivity contribution in [1.29, 1.82) is 0 Å². The van der Waals surface area contributed by atoms with Crippen LogP contribution in [0, 0.1) is 0 Å². The molecule has 1 aromatic rings. The third-order valence-corrected chi connectivity index (χ3v) is 5.21. The van der Waals surface area contributed by atoms with Crippen molar-refractivity contribution < 1.29 is 19.3 Å². The first kappa shape index (κ1) is 22.9. The zero-order chi connectivity index (χ0) is 20.2. The average Bonchev–Trinajstić information content (AvgIpc) is 2.67. The van der Waals surface area contributed by atoms with Gasteiger partial charge in [-0.25, -0.2) is 0 Å². The fourth-order valence-electron chi connectivity index (χ4n) is 3.60. The Hall–Kier alpha value is -1.34. The number of likely N-dealkylation sites (tertiary alicyclic amines) is 1. The number of aliphatic hydroxyl groups is 1. The van der Waals surface area contributed by atoms with Gasteiger partial charge in [0.15, 0.2) is 11.5 Å². The van der Waals surface area contributed by atoms with Gasteiger partial charge < -0.3 is 24.2 Å². The lowest BCUT2D eigenvalue weighted by atomic mass is 10.1. The molecular formula is C22H38N2O4. The van der Waals surface area contributed by atoms with Gasteiger partial charge in [0.05, 0.1) is 13.7 Å². The van der Waals surface area contributed by atoms with Gasteiger partial charge in [0.25, 0.3) is 0 Å². The summed E-state index contributed by atoms with van der Waals surface area (Å²) < 4.78 is 16.5. The van der Waals surface area contributed by atoms with Crippen LogP contribution in [0.4, 0.5) is 0 Å². The summed E-state index contributed by atoms with van der Waals surface area (Å²) >= 11 is 0. The Morgan fingerprint density at radius 1 is 1.07 bits per heavy atom. The lowest BCUT2D eigenvalue weighted by molar-refractivity contribution is 0.0645. The van der Waals surface area contributed by atoms with Crippen LogP contribution in [-0.4, -0.2) is 81.7 Å². The maximum absolute atomic E-state index is 10.4. The zero-order valence-corrected chi connectivity index (χ0v) is 17.9. The summed E-state index contributed by atoms with van der Waals surface area (Å²) in [6.07, 6.45) is 5.89. The maximum atomic E-state index is 10.4. The number of hydrogen-bond donors (Lipinski definition) is 1. The molecule has 160 valence electrons. The van der Waals surface area contributed by atoms with E-state index in [1.54, 1.807) is 14.2 Å². The fraction of sp³-hybridized carbons (Fsp3) is 0.727. The molecule has 1 saturated heterocycles. The molecule has 1 N–H and O–H groups in total. The van der Waals surface area contributed by atoms with E-state index in [0.29, 0.717) is 24.7 Å². The van der Waals surface area contributed by atoms with E-state index in [0.717, 1.165) is 31.7 Å². The predicted octanol–water partition coefficient (Wildman–Crippen LogP) is 2.78. The van der Waals surface area contributed by atoms with Crippen LogP contribution in [0.15, 0.2) is 18.2 Å². The van der Waals surface area contributed by atoms with E-state index in [1.807, 2.05) is 18.2 Å². The number of benzene rings is 1. The quantitative estimate of drug-likeness (QED) is 0.623. The van der Waals surface area contributed by atoms with Crippen molar-refractivity contribution in [3.63, 3.8) is 0 Å². The third-order valence-electron chi connectivity index (χ3n) is 5.21. The predicted molar refractivity (Wildman–Crippen MR) is 112 cm³/mol. The Bertz CT molecular complexity index is 547. The van der Waals surface area contributed by atoms with E-state index in [2.05, 4.69) is 16.8 Å². The van der Waals surface area contributed by atoms with Crippen LogP contribution >= 0.6 is 0 Å². The summed E-state index contributed by atoms with van der Waals surface area (Å²) in [6.45, 7) is 5.50. The number of nitrogens with zero attached hydrogens (tertiary/aromatic N) is 2. The normalized spacial score (nSPS) is 17.2. The number of ether oxygens (including phenoxy) is 3. The molecule has 1 fully saturated rings. The number of β-amino-alcohol motifs (C(OH)–C–C–N with tert-alkyl or cyclic N) is 1. The Kier molecular flexibility index (Phi) is 10.6. The maximum Gasteiger partial charge on any atom is 0.161 e. The van der Waals surface area contributed by atoms with Crippen molar-refractivity contribution in [1.82, 2.24) is 9.80 Å². The van der Waals surface area contributed by atoms with Crippen LogP contribution in [0.1, 0.15) is 37.7 Å². The van der Waals surface area contributed by atoms with Gasteiger partial charge in [0.2, 0.25) is 0 Å². The molecule has 2 rings (SSSR count). The SMILES string of the molecule is COCCN(C)Cc1ccc(OCC(O)CN2CCCCCCC2)c(OC)c1. The molecule has 1 aliphatic heterocycles. The molecule has 6 heteroatoms. The van der Waals surface area contributed by atoms with Crippen molar-refractivity contribution in [2.24, 2.45) is 0 Å². The summed E-state index contributed by atoms with van der Waals surface area (Å²) in [6, 6.07) is 5.98. The van der Waals surface area contributed by atoms with Gasteiger partial charge in [-0.15, -0.1) is 0 Å². The second-order valence-electron chi connectivity index (χ2n) is 7.75. The molecule has 1 unspecified atom stereocenters. The molecule has 0 spiro atoms. The minimum Gasteiger partial charge on any atom is -0.493 e. The minimum atomic E-state index is -0.496. The van der Waals surface area contributed by atoms with Gasteiger partial charge in [-0.1, -0.05) is 25.3 Å². The first-order valence-electron chi connectivity index (χ1n) is 10.5. The Morgan fingerprint density at radius 2 is 1.79 bits per heavy atom. The second kappa shape index (κ2) is 13.0. The van der Waals surface area contributed by atoms with E-state index in [-0.39, 0.29) is 6.61 Å². The highest BCUT2D eigenvalue weighted by atomic mass is 16.5. The highest BCUT2D eigenvalue weighted by Crippen LogP contribution is 2.28. The molecule has 28 heavy (non-hydrogen) atoms. The molecule has 1 atom stereocenters. The molecule has 6 nitrogen and oxygen atoms in total. The third kappa shape index (κ3) is 8.35. The summed E-state index contributed by atoms with van der Waals surface area (Å²) in [5.74, 6) is 1.38. The van der Waals surface area contributed by atoms with E-state index >= 15 is 0 Å². The van der Waals surface area contributed by atoms with Gasteiger partial charge >= 0.3 is 0 Å². The number of aliphatic hydroxyl groups excluding tert-OH is 1. The number of methoxy groups -OCH3 is 2. The van der Waals surface area contributed by atoms with Gasteiger partial charge in [0.1, 0.15) is 12.7 Å². The highest BCUT2D eigenvalue weighted by Gasteiger charge is 2.15. The number of hydrogen-bond acceptors (Lipinski definition) is 6. The van der Waals surface area contributed by atoms with Gasteiger partial charge in [0, 0.05) is 26.7 Å². The lowest BCUT2D eigenvalue weighted by Gasteiger charge is -2.26. The van der Waals surface area contributed by atoms with Gasteiger partial charge in [-0.3, -0.25) is 4.90 Å². The molecule has 0 bridgehead atoms. The first-order chi connectivity index (χ1) is 13.6. The first-order valence-corrected chi connectivity index (χ1v) is 10.5. The molecule has 0 aliphatic carbocycles. The van der Waals surface area contributed by atoms with Crippen molar-refractivity contribution in [2.45, 2.75) is 44.8 Å². The summed E-state index contributed by atoms with van der Waals surface area (Å²) in [4.78, 5) is 4.56. The molecule has 1 heterocycles. The largest absolute Gasteiger partial charge is 0.493 e. The second-order valence-corrected chi connectivity index (χ2v) is 7.75. The van der Waals surface area contributed by atoms with E-state index < -0.39 is 6.10 Å². The van der Waals surface area contributed by atoms with Crippen molar-refractivity contribution >= 4 is 0 Å². The Labute approximate surface area is 170 Å². The Balaban J connectivity index is 1.83. The molecule has 0 aromatic heterocycles. The van der Waals surface area contributed by atoms with E-state index in [1.165, 1.54) is 32.1 Å². The zero-order valence-electron chi connectivity index (χ0n) is 17.9. The number of rotatable bonds is 11. The van der Waals surface area contributed by atoms with Gasteiger partial charge in [-0.2, -0.15) is 0 Å². The standard InChI is InChI=1S/C22H38N2O4/c1-23(13-14-26-2)16-19-9-10-21(22(15-19)27-3)28-18-20(25)17-24-11-7-5-4-6-8-12-24/h9-10,15,20,25H,4-8,11-14,16-18H2,1-3H3. The molecule has 0 saturated carbocycles. The van der Waals surface area contributed by atoms with Crippen LogP contribution in [0.3, 0.4) is 0 Å². The highest BCUT2D eigenvalue weighted by molar-refractivity contribution is 5.43. The molecule has 1 aromatic carbocycles. The molecule has 1 aliphatic rings. The van der Waals surface area contributed by atoms with Crippen LogP contribution in [0.25, 0.3) is 0 Å². The number of likely N-dealkylation sites (N-methyl/N-ethyl adjacent to an activating group) is 1. The van der Waals surface area contributed by atoms with Crippen LogP contribution in [0.5, 0.6) is 11.5 Å². The summed E-state index contributed by atoms with van der Waals surface area (Å²) in [7, 11) is 5.43. The monoisotopic (exact) mass is 394 g/mol. The van der Waals surface area contributed by atoms with Crippen LogP contribution in [-0.2, 0) is 11.3 Å². The summed E-state index contributed by atoms with van der Waals surface area (Å²) in [5, 5.41) is 10.4. The van der Waals surface area contributed by atoms with Gasteiger partial charge in [-0.05, 0) is 50.7 Å². The molecular weight excluding hydrogens is 356 g/mol. The van der Waals surface area contributed by atoms with Crippen molar-refractivity contribution in [2.75, 3.05) is 60.7 Å². The Morgan fingerprint density at radius 3 is 2.46 bits per heavy atom. The van der Waals surface area contributed by atoms with Crippen LogP contribution in [0.2, 0.25) is 0 Å². The van der Waals surface area contributed by atoms with E-state index in [4.69, 9.17) is 14.2 Å². The minimum absolute atomic E-state index is 0.278. The summed E-state index contributed by atoms with van der Waals surface area (Å²) in [5.41, 5.74) is 1.16.